The smallest absolute Gasteiger partial charge is 0.335 e. The summed E-state index contributed by atoms with van der Waals surface area (Å²) in [5, 5.41) is 26.0. The largest absolute Gasteiger partial charge is 0.478 e. The summed E-state index contributed by atoms with van der Waals surface area (Å²) in [7, 11) is 0. The monoisotopic (exact) mass is 464 g/mol. The second kappa shape index (κ2) is 12.2. The lowest BCUT2D eigenvalue weighted by Gasteiger charge is -2.31. The van der Waals surface area contributed by atoms with E-state index in [-0.39, 0.29) is 17.0 Å². The minimum absolute atomic E-state index is 0.168. The number of hydrogen-bond donors (Lipinski definition) is 4. The van der Waals surface area contributed by atoms with Crippen LogP contribution in [0, 0.1) is 0 Å². The van der Waals surface area contributed by atoms with Gasteiger partial charge in [-0.15, -0.1) is 13.2 Å². The molecule has 1 unspecified atom stereocenters. The van der Waals surface area contributed by atoms with Gasteiger partial charge in [0.05, 0.1) is 11.1 Å². The number of ether oxygens (including phenoxy) is 1. The molecule has 1 atom stereocenters. The number of rotatable bonds is 14. The van der Waals surface area contributed by atoms with E-state index in [0.29, 0.717) is 31.0 Å². The third kappa shape index (κ3) is 5.92. The quantitative estimate of drug-likeness (QED) is 0.239. The fraction of sp³-hybridized carbons (Fsp3) is 0.333. The first-order valence-electron chi connectivity index (χ1n) is 11.5. The van der Waals surface area contributed by atoms with Crippen molar-refractivity contribution >= 4 is 11.9 Å². The van der Waals surface area contributed by atoms with Gasteiger partial charge in [0.25, 0.3) is 0 Å². The molecular weight excluding hydrogens is 432 g/mol. The number of benzene rings is 2. The van der Waals surface area contributed by atoms with Crippen molar-refractivity contribution in [2.75, 3.05) is 26.2 Å². The number of nitrogens with one attached hydrogen (secondary N) is 2. The average Bonchev–Trinajstić information content (AvgIpc) is 2.82. The minimum Gasteiger partial charge on any atom is -0.478 e. The molecule has 0 bridgehead atoms. The van der Waals surface area contributed by atoms with Crippen molar-refractivity contribution in [3.8, 4) is 11.5 Å². The molecule has 34 heavy (non-hydrogen) atoms. The summed E-state index contributed by atoms with van der Waals surface area (Å²) < 4.78 is 6.16. The maximum Gasteiger partial charge on any atom is 0.335 e. The van der Waals surface area contributed by atoms with Gasteiger partial charge in [0.1, 0.15) is 11.5 Å². The molecule has 7 heteroatoms. The van der Waals surface area contributed by atoms with E-state index >= 15 is 0 Å². The zero-order valence-corrected chi connectivity index (χ0v) is 19.3. The Labute approximate surface area is 200 Å². The summed E-state index contributed by atoms with van der Waals surface area (Å²) in [5.74, 6) is -0.901. The molecule has 0 spiro atoms. The molecule has 7 nitrogen and oxygen atoms in total. The van der Waals surface area contributed by atoms with Crippen LogP contribution in [0.2, 0.25) is 0 Å². The normalized spacial score (nSPS) is 13.9. The van der Waals surface area contributed by atoms with Crippen LogP contribution in [-0.2, 0) is 6.42 Å². The predicted octanol–water partition coefficient (Wildman–Crippen LogP) is 4.58. The van der Waals surface area contributed by atoms with Crippen LogP contribution >= 0.6 is 0 Å². The van der Waals surface area contributed by atoms with E-state index < -0.39 is 11.9 Å². The van der Waals surface area contributed by atoms with E-state index in [9.17, 15) is 19.8 Å². The molecule has 4 N–H and O–H groups in total. The van der Waals surface area contributed by atoms with Gasteiger partial charge in [0.15, 0.2) is 0 Å². The van der Waals surface area contributed by atoms with Gasteiger partial charge in [-0.25, -0.2) is 9.59 Å². The topological polar surface area (TPSA) is 108 Å². The Balaban J connectivity index is 2.02. The Hall–Kier alpha value is -3.42. The van der Waals surface area contributed by atoms with Gasteiger partial charge in [-0.3, -0.25) is 0 Å². The molecule has 0 aliphatic carbocycles. The maximum absolute atomic E-state index is 12.1. The van der Waals surface area contributed by atoms with Crippen molar-refractivity contribution in [1.82, 2.24) is 10.6 Å². The Morgan fingerprint density at radius 3 is 2.26 bits per heavy atom. The zero-order valence-electron chi connectivity index (χ0n) is 19.3. The third-order valence-corrected chi connectivity index (χ3v) is 5.95. The van der Waals surface area contributed by atoms with Crippen LogP contribution in [0.1, 0.15) is 62.6 Å². The molecule has 2 aromatic carbocycles. The number of carbonyl (C=O) groups is 2. The van der Waals surface area contributed by atoms with Crippen LogP contribution in [0.25, 0.3) is 0 Å². The molecule has 1 heterocycles. The molecule has 180 valence electrons. The highest BCUT2D eigenvalue weighted by Crippen LogP contribution is 2.48. The van der Waals surface area contributed by atoms with E-state index in [1.807, 2.05) is 0 Å². The SMILES string of the molecule is C=CCNCCCc1c(C(=O)O)ccc2c1C(CCCNCC=C)c1cc(C(=O)O)ccc1O2. The molecule has 0 aromatic heterocycles. The van der Waals surface area contributed by atoms with Gasteiger partial charge < -0.3 is 25.6 Å². The van der Waals surface area contributed by atoms with Crippen molar-refractivity contribution in [1.29, 1.82) is 0 Å². The van der Waals surface area contributed by atoms with Crippen LogP contribution in [-0.4, -0.2) is 48.3 Å². The minimum atomic E-state index is -1.01. The fourth-order valence-electron chi connectivity index (χ4n) is 4.43. The van der Waals surface area contributed by atoms with Crippen LogP contribution < -0.4 is 15.4 Å². The molecule has 0 saturated heterocycles. The molecule has 1 aliphatic rings. The van der Waals surface area contributed by atoms with Gasteiger partial charge in [-0.1, -0.05) is 12.2 Å². The summed E-state index contributed by atoms with van der Waals surface area (Å²) in [5.41, 5.74) is 2.83. The lowest BCUT2D eigenvalue weighted by atomic mass is 9.79. The standard InChI is InChI=1S/C27H32N2O5/c1-3-13-28-15-5-7-19-21(27(32)33)10-12-24-25(19)20(8-6-16-29-14-4-2)22-17-18(26(30)31)9-11-23(22)34-24/h3-4,9-12,17,20,28-29H,1-2,5-8,13-16H2,(H,30,31)(H,32,33). The molecule has 0 saturated carbocycles. The highest BCUT2D eigenvalue weighted by atomic mass is 16.5. The average molecular weight is 465 g/mol. The van der Waals surface area contributed by atoms with Crippen molar-refractivity contribution < 1.29 is 24.5 Å². The number of fused-ring (bicyclic) bond motifs is 2. The van der Waals surface area contributed by atoms with Crippen molar-refractivity contribution in [3.05, 3.63) is 83.5 Å². The molecule has 0 fully saturated rings. The maximum atomic E-state index is 12.1. The summed E-state index contributed by atoms with van der Waals surface area (Å²) in [4.78, 5) is 23.8. The summed E-state index contributed by atoms with van der Waals surface area (Å²) in [6, 6.07) is 8.20. The Morgan fingerprint density at radius 1 is 0.941 bits per heavy atom. The van der Waals surface area contributed by atoms with Crippen molar-refractivity contribution in [3.63, 3.8) is 0 Å². The first kappa shape index (κ1) is 25.2. The van der Waals surface area contributed by atoms with Gasteiger partial charge in [-0.2, -0.15) is 0 Å². The van der Waals surface area contributed by atoms with Crippen molar-refractivity contribution in [2.24, 2.45) is 0 Å². The van der Waals surface area contributed by atoms with Gasteiger partial charge in [-0.05, 0) is 74.7 Å². The molecule has 3 rings (SSSR count). The number of carboxylic acids is 2. The Kier molecular flexibility index (Phi) is 9.01. The van der Waals surface area contributed by atoms with E-state index in [1.165, 1.54) is 6.07 Å². The molecule has 1 aliphatic heterocycles. The van der Waals surface area contributed by atoms with Gasteiger partial charge in [0.2, 0.25) is 0 Å². The lowest BCUT2D eigenvalue weighted by molar-refractivity contribution is 0.0685. The van der Waals surface area contributed by atoms with Gasteiger partial charge >= 0.3 is 11.9 Å². The first-order chi connectivity index (χ1) is 16.5. The predicted molar refractivity (Wildman–Crippen MR) is 132 cm³/mol. The molecule has 0 radical (unpaired) electrons. The van der Waals surface area contributed by atoms with Crippen LogP contribution in [0.15, 0.2) is 55.6 Å². The van der Waals surface area contributed by atoms with E-state index in [0.717, 1.165) is 49.0 Å². The van der Waals surface area contributed by atoms with Crippen LogP contribution in [0.3, 0.4) is 0 Å². The Bertz CT molecular complexity index is 1060. The van der Waals surface area contributed by atoms with E-state index in [1.54, 1.807) is 36.4 Å². The van der Waals surface area contributed by atoms with Crippen LogP contribution in [0.4, 0.5) is 0 Å². The fourth-order valence-corrected chi connectivity index (χ4v) is 4.43. The number of aromatic carboxylic acids is 2. The van der Waals surface area contributed by atoms with Crippen molar-refractivity contribution in [2.45, 2.75) is 31.6 Å². The highest BCUT2D eigenvalue weighted by Gasteiger charge is 2.32. The van der Waals surface area contributed by atoms with Crippen LogP contribution in [0.5, 0.6) is 11.5 Å². The second-order valence-corrected chi connectivity index (χ2v) is 8.25. The molecule has 2 aromatic rings. The van der Waals surface area contributed by atoms with E-state index in [2.05, 4.69) is 23.8 Å². The molecular formula is C27H32N2O5. The lowest BCUT2D eigenvalue weighted by Crippen LogP contribution is -2.20. The number of carboxylic acid groups (broad SMARTS) is 2. The summed E-state index contributed by atoms with van der Waals surface area (Å²) >= 11 is 0. The highest BCUT2D eigenvalue weighted by molar-refractivity contribution is 5.91. The van der Waals surface area contributed by atoms with Gasteiger partial charge in [0, 0.05) is 30.1 Å². The second-order valence-electron chi connectivity index (χ2n) is 8.25. The number of hydrogen-bond acceptors (Lipinski definition) is 5. The summed E-state index contributed by atoms with van der Waals surface area (Å²) in [6.07, 6.45) is 6.45. The van der Waals surface area contributed by atoms with E-state index in [4.69, 9.17) is 4.74 Å². The zero-order chi connectivity index (χ0) is 24.5. The first-order valence-corrected chi connectivity index (χ1v) is 11.5. The third-order valence-electron chi connectivity index (χ3n) is 5.95. The Morgan fingerprint density at radius 2 is 1.62 bits per heavy atom. The molecule has 0 amide bonds. The summed E-state index contributed by atoms with van der Waals surface area (Å²) in [6.45, 7) is 10.3.